The predicted octanol–water partition coefficient (Wildman–Crippen LogP) is 5.05. The number of quaternary nitrogens is 1. The molecule has 8 atom stereocenters. The zero-order valence-corrected chi connectivity index (χ0v) is 22.4. The van der Waals surface area contributed by atoms with Crippen LogP contribution >= 0.6 is 11.8 Å². The molecular weight excluding hydrogens is 430 g/mol. The summed E-state index contributed by atoms with van der Waals surface area (Å²) in [6.07, 6.45) is 12.5. The minimum atomic E-state index is -0.586. The molecule has 186 valence electrons. The van der Waals surface area contributed by atoms with Crippen LogP contribution in [0.25, 0.3) is 0 Å². The van der Waals surface area contributed by atoms with E-state index in [-0.39, 0.29) is 11.4 Å². The molecule has 0 aromatic rings. The second-order valence-electron chi connectivity index (χ2n) is 13.6. The van der Waals surface area contributed by atoms with Crippen molar-refractivity contribution in [2.45, 2.75) is 82.5 Å². The number of aliphatic hydroxyl groups is 1. The summed E-state index contributed by atoms with van der Waals surface area (Å²) >= 11 is 2.23. The van der Waals surface area contributed by atoms with Crippen LogP contribution in [0.4, 0.5) is 0 Å². The third-order valence-corrected chi connectivity index (χ3v) is 12.4. The Morgan fingerprint density at radius 2 is 1.85 bits per heavy atom. The second-order valence-corrected chi connectivity index (χ2v) is 15.0. The summed E-state index contributed by atoms with van der Waals surface area (Å²) in [6, 6.07) is 0. The highest BCUT2D eigenvalue weighted by molar-refractivity contribution is 7.99. The maximum Gasteiger partial charge on any atom is 0.331 e. The van der Waals surface area contributed by atoms with Gasteiger partial charge in [-0.3, -0.25) is 0 Å². The highest BCUT2D eigenvalue weighted by Gasteiger charge is 2.67. The molecule has 0 aromatic carbocycles. The zero-order valence-electron chi connectivity index (χ0n) is 21.6. The fourth-order valence-electron chi connectivity index (χ4n) is 9.02. The maximum absolute atomic E-state index is 12.4. The summed E-state index contributed by atoms with van der Waals surface area (Å²) in [5, 5.41) is 13.2. The molecular formula is C28H46NO3S+. The lowest BCUT2D eigenvalue weighted by Crippen LogP contribution is -2.62. The monoisotopic (exact) mass is 476 g/mol. The molecule has 0 unspecified atom stereocenters. The molecule has 0 saturated heterocycles. The summed E-state index contributed by atoms with van der Waals surface area (Å²) in [4.78, 5) is 11.8. The Bertz CT molecular complexity index is 820. The number of rotatable bonds is 5. The summed E-state index contributed by atoms with van der Waals surface area (Å²) in [7, 11) is 6.88. The van der Waals surface area contributed by atoms with Crippen molar-refractivity contribution in [2.24, 2.45) is 34.5 Å². The van der Waals surface area contributed by atoms with Crippen molar-refractivity contribution in [3.8, 4) is 0 Å². The van der Waals surface area contributed by atoms with Gasteiger partial charge in [0, 0.05) is 22.5 Å². The number of esters is 1. The SMILES string of the molecule is C[C@]12CC[C@H](SCC[N+](C)(C)C)C[C@H]1CC[C@@H]1[C@@H]2CC[C@]2(C)[C@@H](C3=CC(=O)OC3)CC[C@]12O. The Labute approximate surface area is 205 Å². The van der Waals surface area contributed by atoms with Crippen LogP contribution in [0.15, 0.2) is 11.6 Å². The first-order chi connectivity index (χ1) is 15.5. The summed E-state index contributed by atoms with van der Waals surface area (Å²) in [6.45, 7) is 6.61. The van der Waals surface area contributed by atoms with Crippen LogP contribution in [-0.2, 0) is 9.53 Å². The molecule has 5 rings (SSSR count). The van der Waals surface area contributed by atoms with E-state index < -0.39 is 5.60 Å². The largest absolute Gasteiger partial charge is 0.458 e. The molecule has 1 N–H and O–H groups in total. The van der Waals surface area contributed by atoms with Gasteiger partial charge in [-0.25, -0.2) is 4.79 Å². The number of cyclic esters (lactones) is 1. The molecule has 1 aliphatic heterocycles. The highest BCUT2D eigenvalue weighted by atomic mass is 32.2. The van der Waals surface area contributed by atoms with Gasteiger partial charge in [0.1, 0.15) is 6.61 Å². The van der Waals surface area contributed by atoms with E-state index in [2.05, 4.69) is 46.8 Å². The van der Waals surface area contributed by atoms with Gasteiger partial charge in [-0.1, -0.05) is 13.8 Å². The highest BCUT2D eigenvalue weighted by Crippen LogP contribution is 2.70. The van der Waals surface area contributed by atoms with E-state index in [1.807, 2.05) is 0 Å². The van der Waals surface area contributed by atoms with E-state index >= 15 is 0 Å². The van der Waals surface area contributed by atoms with Crippen molar-refractivity contribution in [3.63, 3.8) is 0 Å². The number of carbonyl (C=O) groups is 1. The first-order valence-corrected chi connectivity index (χ1v) is 14.5. The summed E-state index contributed by atoms with van der Waals surface area (Å²) < 4.78 is 6.32. The molecule has 4 fully saturated rings. The van der Waals surface area contributed by atoms with E-state index in [0.29, 0.717) is 29.8 Å². The van der Waals surface area contributed by atoms with Gasteiger partial charge in [0.2, 0.25) is 0 Å². The van der Waals surface area contributed by atoms with E-state index in [4.69, 9.17) is 4.74 Å². The number of fused-ring (bicyclic) bond motifs is 5. The molecule has 0 spiro atoms. The Hall–Kier alpha value is -0.520. The normalized spacial score (nSPS) is 47.4. The van der Waals surface area contributed by atoms with E-state index in [9.17, 15) is 9.90 Å². The molecule has 0 radical (unpaired) electrons. The van der Waals surface area contributed by atoms with Crippen LogP contribution in [0.5, 0.6) is 0 Å². The minimum absolute atomic E-state index is 0.116. The standard InChI is InChI=1S/C28H46NO3S/c1-26-11-8-21(33-15-14-29(3,4)5)17-20(26)6-7-24-23(26)9-12-27(2)22(10-13-28(24,27)31)19-16-25(30)32-18-19/h16,20-24,31H,6-15,17-18H2,1-5H3/q+1/t20-,21+,22-,23+,24-,26+,27-,28+/m1/s1. The van der Waals surface area contributed by atoms with Crippen LogP contribution in [0.2, 0.25) is 0 Å². The first-order valence-electron chi connectivity index (χ1n) is 13.5. The van der Waals surface area contributed by atoms with Crippen molar-refractivity contribution in [1.29, 1.82) is 0 Å². The van der Waals surface area contributed by atoms with Crippen LogP contribution in [0.1, 0.15) is 71.6 Å². The number of nitrogens with zero attached hydrogens (tertiary/aromatic N) is 1. The first kappa shape index (κ1) is 24.2. The van der Waals surface area contributed by atoms with Crippen LogP contribution in [0.3, 0.4) is 0 Å². The van der Waals surface area contributed by atoms with E-state index in [1.165, 1.54) is 50.8 Å². The Kier molecular flexibility index (Phi) is 6.06. The molecule has 33 heavy (non-hydrogen) atoms. The van der Waals surface area contributed by atoms with Crippen LogP contribution in [0, 0.1) is 34.5 Å². The van der Waals surface area contributed by atoms with Gasteiger partial charge in [-0.05, 0) is 92.4 Å². The summed E-state index contributed by atoms with van der Waals surface area (Å²) in [5.41, 5.74) is 0.830. The van der Waals surface area contributed by atoms with E-state index in [1.54, 1.807) is 6.08 Å². The minimum Gasteiger partial charge on any atom is -0.458 e. The van der Waals surface area contributed by atoms with Gasteiger partial charge in [0.15, 0.2) is 0 Å². The smallest absolute Gasteiger partial charge is 0.331 e. The number of hydrogen-bond acceptors (Lipinski definition) is 4. The van der Waals surface area contributed by atoms with Crippen molar-refractivity contribution in [3.05, 3.63) is 11.6 Å². The third kappa shape index (κ3) is 3.93. The Morgan fingerprint density at radius 1 is 1.06 bits per heavy atom. The molecule has 4 aliphatic carbocycles. The van der Waals surface area contributed by atoms with Gasteiger partial charge in [0.05, 0.1) is 33.3 Å². The van der Waals surface area contributed by atoms with Gasteiger partial charge >= 0.3 is 5.97 Å². The lowest BCUT2D eigenvalue weighted by molar-refractivity contribution is -0.867. The molecule has 1 heterocycles. The quantitative estimate of drug-likeness (QED) is 0.445. The second kappa shape index (κ2) is 8.27. The molecule has 0 aromatic heterocycles. The third-order valence-electron chi connectivity index (χ3n) is 11.1. The Balaban J connectivity index is 1.30. The fourth-order valence-corrected chi connectivity index (χ4v) is 10.7. The van der Waals surface area contributed by atoms with Crippen molar-refractivity contribution in [2.75, 3.05) is 40.0 Å². The molecule has 0 bridgehead atoms. The van der Waals surface area contributed by atoms with Gasteiger partial charge in [0.25, 0.3) is 0 Å². The van der Waals surface area contributed by atoms with Gasteiger partial charge in [-0.2, -0.15) is 11.8 Å². The molecule has 4 nitrogen and oxygen atoms in total. The van der Waals surface area contributed by atoms with Crippen molar-refractivity contribution < 1.29 is 19.1 Å². The predicted molar refractivity (Wildman–Crippen MR) is 135 cm³/mol. The zero-order chi connectivity index (χ0) is 23.6. The topological polar surface area (TPSA) is 46.5 Å². The number of thioether (sulfide) groups is 1. The molecule has 0 amide bonds. The van der Waals surface area contributed by atoms with Gasteiger partial charge < -0.3 is 14.3 Å². The average Bonchev–Trinajstić information content (AvgIpc) is 3.27. The van der Waals surface area contributed by atoms with Gasteiger partial charge in [-0.15, -0.1) is 0 Å². The average molecular weight is 477 g/mol. The lowest BCUT2D eigenvalue weighted by Gasteiger charge is -2.64. The summed E-state index contributed by atoms with van der Waals surface area (Å²) in [5.74, 6) is 3.27. The lowest BCUT2D eigenvalue weighted by atomic mass is 9.43. The van der Waals surface area contributed by atoms with Crippen molar-refractivity contribution >= 4 is 17.7 Å². The van der Waals surface area contributed by atoms with E-state index in [0.717, 1.165) is 40.5 Å². The number of hydrogen-bond donors (Lipinski definition) is 1. The number of ether oxygens (including phenoxy) is 1. The molecule has 5 aliphatic rings. The Morgan fingerprint density at radius 3 is 2.55 bits per heavy atom. The molecule has 4 saturated carbocycles. The van der Waals surface area contributed by atoms with Crippen LogP contribution in [-0.4, -0.2) is 66.5 Å². The number of carbonyl (C=O) groups excluding carboxylic acids is 1. The maximum atomic E-state index is 12.4. The molecule has 5 heteroatoms. The van der Waals surface area contributed by atoms with Crippen molar-refractivity contribution in [1.82, 2.24) is 0 Å². The fraction of sp³-hybridized carbons (Fsp3) is 0.893. The van der Waals surface area contributed by atoms with Crippen LogP contribution < -0.4 is 0 Å².